The fraction of sp³-hybridized carbons (Fsp3) is 0.727. The van der Waals surface area contributed by atoms with Gasteiger partial charge < -0.3 is 10.2 Å². The molecule has 1 unspecified atom stereocenters. The van der Waals surface area contributed by atoms with E-state index in [2.05, 4.69) is 34.1 Å². The first kappa shape index (κ1) is 13.6. The summed E-state index contributed by atoms with van der Waals surface area (Å²) in [6.45, 7) is 6.55. The highest BCUT2D eigenvalue weighted by Gasteiger charge is 2.23. The number of rotatable bonds is 5. The van der Waals surface area contributed by atoms with Crippen LogP contribution in [0.1, 0.15) is 26.8 Å². The fourth-order valence-electron chi connectivity index (χ4n) is 1.15. The van der Waals surface area contributed by atoms with Crippen LogP contribution in [0.5, 0.6) is 0 Å². The predicted octanol–water partition coefficient (Wildman–Crippen LogP) is 0.296. The normalized spacial score (nSPS) is 13.8. The summed E-state index contributed by atoms with van der Waals surface area (Å²) in [7, 11) is 3.99. The first-order valence-corrected chi connectivity index (χ1v) is 5.64. The maximum Gasteiger partial charge on any atom is 0.244 e. The van der Waals surface area contributed by atoms with Crippen LogP contribution in [0.4, 0.5) is 0 Å². The molecular weight excluding hydrogens is 218 g/mol. The summed E-state index contributed by atoms with van der Waals surface area (Å²) >= 11 is 0. The van der Waals surface area contributed by atoms with Gasteiger partial charge in [0.05, 0.1) is 0 Å². The first-order valence-electron chi connectivity index (χ1n) is 5.64. The molecule has 0 aromatic carbocycles. The summed E-state index contributed by atoms with van der Waals surface area (Å²) in [5, 5.41) is 6.87. The summed E-state index contributed by atoms with van der Waals surface area (Å²) in [4.78, 5) is 17.8. The van der Waals surface area contributed by atoms with E-state index in [9.17, 15) is 4.79 Å². The number of nitrogens with zero attached hydrogens (tertiary/aromatic N) is 4. The third-order valence-electron chi connectivity index (χ3n) is 3.12. The molecule has 1 amide bonds. The number of nitrogens with one attached hydrogen (secondary N) is 1. The Bertz CT molecular complexity index is 358. The highest BCUT2D eigenvalue weighted by molar-refractivity contribution is 5.79. The third kappa shape index (κ3) is 3.52. The minimum Gasteiger partial charge on any atom is -0.352 e. The SMILES string of the molecule is CC(C(=O)NCC(C)(C)N(C)C)n1cncn1. The highest BCUT2D eigenvalue weighted by atomic mass is 16.2. The van der Waals surface area contributed by atoms with Crippen molar-refractivity contribution in [2.45, 2.75) is 32.4 Å². The Labute approximate surface area is 102 Å². The summed E-state index contributed by atoms with van der Waals surface area (Å²) < 4.78 is 1.54. The minimum atomic E-state index is -0.338. The summed E-state index contributed by atoms with van der Waals surface area (Å²) in [6.07, 6.45) is 2.97. The number of likely N-dealkylation sites (N-methyl/N-ethyl adjacent to an activating group) is 1. The minimum absolute atomic E-state index is 0.0505. The molecule has 0 aliphatic rings. The van der Waals surface area contributed by atoms with E-state index < -0.39 is 0 Å². The van der Waals surface area contributed by atoms with Crippen molar-refractivity contribution in [1.82, 2.24) is 25.0 Å². The fourth-order valence-corrected chi connectivity index (χ4v) is 1.15. The predicted molar refractivity (Wildman–Crippen MR) is 65.5 cm³/mol. The standard InChI is InChI=1S/C11H21N5O/c1-9(16-8-12-7-14-16)10(17)13-6-11(2,3)15(4)5/h7-9H,6H2,1-5H3,(H,13,17). The Morgan fingerprint density at radius 1 is 1.53 bits per heavy atom. The van der Waals surface area contributed by atoms with Crippen molar-refractivity contribution >= 4 is 5.91 Å². The number of carbonyl (C=O) groups excluding carboxylic acids is 1. The van der Waals surface area contributed by atoms with E-state index in [-0.39, 0.29) is 17.5 Å². The lowest BCUT2D eigenvalue weighted by atomic mass is 10.0. The molecule has 1 atom stereocenters. The van der Waals surface area contributed by atoms with Crippen molar-refractivity contribution in [3.63, 3.8) is 0 Å². The molecule has 0 aliphatic carbocycles. The second kappa shape index (κ2) is 5.27. The lowest BCUT2D eigenvalue weighted by Gasteiger charge is -2.33. The van der Waals surface area contributed by atoms with E-state index in [1.807, 2.05) is 14.1 Å². The van der Waals surface area contributed by atoms with Gasteiger partial charge in [-0.15, -0.1) is 0 Å². The van der Waals surface area contributed by atoms with Gasteiger partial charge in [-0.2, -0.15) is 5.10 Å². The molecule has 17 heavy (non-hydrogen) atoms. The van der Waals surface area contributed by atoms with Gasteiger partial charge in [-0.1, -0.05) is 0 Å². The van der Waals surface area contributed by atoms with Gasteiger partial charge >= 0.3 is 0 Å². The zero-order valence-electron chi connectivity index (χ0n) is 11.1. The molecule has 1 rings (SSSR count). The lowest BCUT2D eigenvalue weighted by Crippen LogP contribution is -2.49. The van der Waals surface area contributed by atoms with Crippen molar-refractivity contribution in [1.29, 1.82) is 0 Å². The molecule has 6 nitrogen and oxygen atoms in total. The van der Waals surface area contributed by atoms with E-state index in [0.717, 1.165) is 0 Å². The second-order valence-electron chi connectivity index (χ2n) is 4.98. The first-order chi connectivity index (χ1) is 7.84. The van der Waals surface area contributed by atoms with Crippen LogP contribution in [-0.2, 0) is 4.79 Å². The molecular formula is C11H21N5O. The topological polar surface area (TPSA) is 63.1 Å². The Balaban J connectivity index is 2.51. The molecule has 0 bridgehead atoms. The third-order valence-corrected chi connectivity index (χ3v) is 3.12. The molecule has 1 aromatic heterocycles. The van der Waals surface area contributed by atoms with Crippen molar-refractivity contribution in [2.24, 2.45) is 0 Å². The molecule has 1 aromatic rings. The van der Waals surface area contributed by atoms with Crippen LogP contribution in [0.15, 0.2) is 12.7 Å². The maximum atomic E-state index is 11.9. The number of amides is 1. The largest absolute Gasteiger partial charge is 0.352 e. The van der Waals surface area contributed by atoms with Crippen LogP contribution < -0.4 is 5.32 Å². The molecule has 6 heteroatoms. The number of hydrogen-bond donors (Lipinski definition) is 1. The Morgan fingerprint density at radius 2 is 2.18 bits per heavy atom. The lowest BCUT2D eigenvalue weighted by molar-refractivity contribution is -0.124. The smallest absolute Gasteiger partial charge is 0.244 e. The van der Waals surface area contributed by atoms with Gasteiger partial charge in [0.25, 0.3) is 0 Å². The zero-order valence-corrected chi connectivity index (χ0v) is 11.1. The summed E-state index contributed by atoms with van der Waals surface area (Å²) in [6, 6.07) is -0.338. The van der Waals surface area contributed by atoms with Crippen molar-refractivity contribution in [3.8, 4) is 0 Å². The van der Waals surface area contributed by atoms with Gasteiger partial charge in [0.2, 0.25) is 5.91 Å². The zero-order chi connectivity index (χ0) is 13.1. The van der Waals surface area contributed by atoms with Gasteiger partial charge in [-0.3, -0.25) is 4.79 Å². The molecule has 1 heterocycles. The van der Waals surface area contributed by atoms with Crippen molar-refractivity contribution in [2.75, 3.05) is 20.6 Å². The molecule has 0 radical (unpaired) electrons. The average molecular weight is 239 g/mol. The Morgan fingerprint density at radius 3 is 2.65 bits per heavy atom. The van der Waals surface area contributed by atoms with Gasteiger partial charge in [0, 0.05) is 12.1 Å². The van der Waals surface area contributed by atoms with E-state index >= 15 is 0 Å². The van der Waals surface area contributed by atoms with Gasteiger partial charge in [0.1, 0.15) is 18.7 Å². The van der Waals surface area contributed by atoms with Crippen molar-refractivity contribution in [3.05, 3.63) is 12.7 Å². The molecule has 96 valence electrons. The van der Waals surface area contributed by atoms with Gasteiger partial charge in [-0.05, 0) is 34.9 Å². The molecule has 0 aliphatic heterocycles. The van der Waals surface area contributed by atoms with Crippen LogP contribution in [0.25, 0.3) is 0 Å². The van der Waals surface area contributed by atoms with E-state index in [4.69, 9.17) is 0 Å². The quantitative estimate of drug-likeness (QED) is 0.802. The molecule has 0 fully saturated rings. The van der Waals surface area contributed by atoms with Crippen molar-refractivity contribution < 1.29 is 4.79 Å². The Kier molecular flexibility index (Phi) is 4.22. The second-order valence-corrected chi connectivity index (χ2v) is 4.98. The van der Waals surface area contributed by atoms with Gasteiger partial charge in [0.15, 0.2) is 0 Å². The number of carbonyl (C=O) groups is 1. The van der Waals surface area contributed by atoms with E-state index in [1.165, 1.54) is 11.0 Å². The van der Waals surface area contributed by atoms with E-state index in [1.54, 1.807) is 13.3 Å². The maximum absolute atomic E-state index is 11.9. The van der Waals surface area contributed by atoms with E-state index in [0.29, 0.717) is 6.54 Å². The monoisotopic (exact) mass is 239 g/mol. The highest BCUT2D eigenvalue weighted by Crippen LogP contribution is 2.09. The van der Waals surface area contributed by atoms with Crippen LogP contribution in [0, 0.1) is 0 Å². The average Bonchev–Trinajstić information content (AvgIpc) is 2.78. The van der Waals surface area contributed by atoms with Crippen LogP contribution in [-0.4, -0.2) is 51.8 Å². The van der Waals surface area contributed by atoms with Gasteiger partial charge in [-0.25, -0.2) is 9.67 Å². The van der Waals surface area contributed by atoms with Crippen LogP contribution in [0.3, 0.4) is 0 Å². The molecule has 1 N–H and O–H groups in total. The van der Waals surface area contributed by atoms with Crippen LogP contribution >= 0.6 is 0 Å². The summed E-state index contributed by atoms with van der Waals surface area (Å²) in [5.41, 5.74) is -0.0717. The Hall–Kier alpha value is -1.43. The molecule has 0 spiro atoms. The van der Waals surface area contributed by atoms with Crippen LogP contribution in [0.2, 0.25) is 0 Å². The number of aromatic nitrogens is 3. The number of hydrogen-bond acceptors (Lipinski definition) is 4. The molecule has 0 saturated carbocycles. The molecule has 0 saturated heterocycles. The summed E-state index contributed by atoms with van der Waals surface area (Å²) in [5.74, 6) is -0.0505.